The largest absolute Gasteiger partial charge is 0.396 e. The van der Waals surface area contributed by atoms with Crippen LogP contribution in [0, 0.1) is 53.3 Å². The van der Waals surface area contributed by atoms with E-state index in [4.69, 9.17) is 4.74 Å². The Morgan fingerprint density at radius 3 is 2.26 bits per heavy atom. The second kappa shape index (κ2) is 3.76. The van der Waals surface area contributed by atoms with Crippen LogP contribution >= 0.6 is 0 Å². The van der Waals surface area contributed by atoms with Crippen LogP contribution in [-0.2, 0) is 4.74 Å². The lowest BCUT2D eigenvalue weighted by Crippen LogP contribution is -2.40. The highest BCUT2D eigenvalue weighted by Crippen LogP contribution is 2.73. The predicted molar refractivity (Wildman–Crippen MR) is 72.4 cm³/mol. The molecule has 5 fully saturated rings. The molecule has 0 amide bonds. The van der Waals surface area contributed by atoms with E-state index >= 15 is 0 Å². The van der Waals surface area contributed by atoms with E-state index in [9.17, 15) is 5.11 Å². The van der Waals surface area contributed by atoms with E-state index in [-0.39, 0.29) is 0 Å². The summed E-state index contributed by atoms with van der Waals surface area (Å²) in [6, 6.07) is 0. The molecule has 10 unspecified atom stereocenters. The molecule has 0 saturated heterocycles. The van der Waals surface area contributed by atoms with E-state index in [0.717, 1.165) is 47.3 Å². The highest BCUT2D eigenvalue weighted by Gasteiger charge is 2.68. The van der Waals surface area contributed by atoms with Crippen molar-refractivity contribution in [3.05, 3.63) is 0 Å². The minimum absolute atomic E-state index is 0.440. The van der Waals surface area contributed by atoms with Gasteiger partial charge in [-0.25, -0.2) is 0 Å². The number of fused-ring (bicyclic) bond motifs is 12. The number of hydrogen-bond acceptors (Lipinski definition) is 2. The van der Waals surface area contributed by atoms with Gasteiger partial charge < -0.3 is 9.84 Å². The van der Waals surface area contributed by atoms with E-state index in [2.05, 4.69) is 0 Å². The van der Waals surface area contributed by atoms with Crippen molar-refractivity contribution in [2.75, 3.05) is 13.7 Å². The van der Waals surface area contributed by atoms with Gasteiger partial charge in [-0.1, -0.05) is 0 Å². The van der Waals surface area contributed by atoms with Crippen LogP contribution < -0.4 is 0 Å². The lowest BCUT2D eigenvalue weighted by molar-refractivity contribution is -0.0224. The van der Waals surface area contributed by atoms with Crippen LogP contribution in [0.25, 0.3) is 0 Å². The summed E-state index contributed by atoms with van der Waals surface area (Å²) in [7, 11) is 1.92. The Bertz CT molecular complexity index is 395. The second-order valence-corrected chi connectivity index (χ2v) is 8.24. The van der Waals surface area contributed by atoms with E-state index in [1.165, 1.54) is 32.1 Å². The maximum absolute atomic E-state index is 9.49. The molecule has 4 bridgehead atoms. The molecule has 0 aromatic rings. The van der Waals surface area contributed by atoms with Gasteiger partial charge in [0.25, 0.3) is 0 Å². The van der Waals surface area contributed by atoms with Crippen molar-refractivity contribution in [1.82, 2.24) is 0 Å². The van der Waals surface area contributed by atoms with Gasteiger partial charge in [0, 0.05) is 13.7 Å². The third-order valence-corrected chi connectivity index (χ3v) is 8.03. The molecule has 0 aliphatic heterocycles. The highest BCUT2D eigenvalue weighted by molar-refractivity contribution is 5.16. The molecular formula is C17H26O2. The molecular weight excluding hydrogens is 236 g/mol. The summed E-state index contributed by atoms with van der Waals surface area (Å²) >= 11 is 0. The highest BCUT2D eigenvalue weighted by atomic mass is 16.5. The molecule has 5 rings (SSSR count). The van der Waals surface area contributed by atoms with Gasteiger partial charge in [-0.15, -0.1) is 0 Å². The molecule has 19 heavy (non-hydrogen) atoms. The molecule has 0 radical (unpaired) electrons. The molecule has 10 atom stereocenters. The minimum atomic E-state index is 0.440. The van der Waals surface area contributed by atoms with E-state index < -0.39 is 0 Å². The average Bonchev–Trinajstić information content (AvgIpc) is 3.17. The van der Waals surface area contributed by atoms with E-state index in [0.29, 0.717) is 18.6 Å². The summed E-state index contributed by atoms with van der Waals surface area (Å²) < 4.78 is 5.77. The van der Waals surface area contributed by atoms with Crippen molar-refractivity contribution in [1.29, 1.82) is 0 Å². The lowest BCUT2D eigenvalue weighted by atomic mass is 9.64. The molecule has 0 aromatic carbocycles. The van der Waals surface area contributed by atoms with Crippen molar-refractivity contribution in [3.63, 3.8) is 0 Å². The molecule has 5 saturated carbocycles. The zero-order valence-electron chi connectivity index (χ0n) is 11.9. The topological polar surface area (TPSA) is 29.5 Å². The molecule has 0 heterocycles. The van der Waals surface area contributed by atoms with Crippen LogP contribution in [0.5, 0.6) is 0 Å². The van der Waals surface area contributed by atoms with Crippen LogP contribution in [0.15, 0.2) is 0 Å². The molecule has 1 N–H and O–H groups in total. The molecule has 0 aromatic heterocycles. The Morgan fingerprint density at radius 1 is 0.842 bits per heavy atom. The van der Waals surface area contributed by atoms with Crippen molar-refractivity contribution < 1.29 is 9.84 Å². The zero-order valence-corrected chi connectivity index (χ0v) is 11.9. The fourth-order valence-corrected chi connectivity index (χ4v) is 7.80. The first kappa shape index (κ1) is 11.6. The van der Waals surface area contributed by atoms with Crippen LogP contribution in [0.3, 0.4) is 0 Å². The normalized spacial score (nSPS) is 64.7. The molecule has 2 heteroatoms. The maximum Gasteiger partial charge on any atom is 0.0605 e. The van der Waals surface area contributed by atoms with Crippen LogP contribution in [0.1, 0.15) is 32.1 Å². The average molecular weight is 262 g/mol. The number of ether oxygens (including phenoxy) is 1. The number of hydrogen-bond donors (Lipinski definition) is 1. The monoisotopic (exact) mass is 262 g/mol. The van der Waals surface area contributed by atoms with Gasteiger partial charge in [-0.3, -0.25) is 0 Å². The van der Waals surface area contributed by atoms with Crippen LogP contribution in [-0.4, -0.2) is 24.9 Å². The Labute approximate surface area is 115 Å². The van der Waals surface area contributed by atoms with Crippen molar-refractivity contribution >= 4 is 0 Å². The summed E-state index contributed by atoms with van der Waals surface area (Å²) in [5.74, 6) is 8.58. The first-order valence-electron chi connectivity index (χ1n) is 8.45. The van der Waals surface area contributed by atoms with Gasteiger partial charge in [0.05, 0.1) is 6.10 Å². The third kappa shape index (κ3) is 1.26. The second-order valence-electron chi connectivity index (χ2n) is 8.24. The first-order valence-corrected chi connectivity index (χ1v) is 8.45. The van der Waals surface area contributed by atoms with Gasteiger partial charge in [0.2, 0.25) is 0 Å². The Balaban J connectivity index is 1.46. The molecule has 2 nitrogen and oxygen atoms in total. The number of rotatable bonds is 2. The number of aliphatic hydroxyl groups is 1. The third-order valence-electron chi connectivity index (χ3n) is 8.03. The molecule has 5 aliphatic carbocycles. The Hall–Kier alpha value is -0.0800. The quantitative estimate of drug-likeness (QED) is 0.775. The van der Waals surface area contributed by atoms with E-state index in [1.807, 2.05) is 7.11 Å². The summed E-state index contributed by atoms with van der Waals surface area (Å²) in [6.45, 7) is 0.440. The van der Waals surface area contributed by atoms with Gasteiger partial charge in [0.15, 0.2) is 0 Å². The van der Waals surface area contributed by atoms with Gasteiger partial charge in [-0.05, 0) is 85.4 Å². The van der Waals surface area contributed by atoms with Crippen molar-refractivity contribution in [2.24, 2.45) is 53.3 Å². The fraction of sp³-hybridized carbons (Fsp3) is 1.00. The SMILES string of the molecule is COC1CC2CC1C1C3CC(C4CC(CO)CC43)C21. The van der Waals surface area contributed by atoms with E-state index in [1.54, 1.807) is 0 Å². The molecule has 0 spiro atoms. The summed E-state index contributed by atoms with van der Waals surface area (Å²) in [5, 5.41) is 9.49. The molecule has 106 valence electrons. The van der Waals surface area contributed by atoms with Crippen molar-refractivity contribution in [2.45, 2.75) is 38.2 Å². The van der Waals surface area contributed by atoms with Crippen molar-refractivity contribution in [3.8, 4) is 0 Å². The Kier molecular flexibility index (Phi) is 2.29. The fourth-order valence-electron chi connectivity index (χ4n) is 7.80. The van der Waals surface area contributed by atoms with Gasteiger partial charge in [0.1, 0.15) is 0 Å². The van der Waals surface area contributed by atoms with Gasteiger partial charge >= 0.3 is 0 Å². The summed E-state index contributed by atoms with van der Waals surface area (Å²) in [4.78, 5) is 0. The van der Waals surface area contributed by atoms with Crippen LogP contribution in [0.2, 0.25) is 0 Å². The molecule has 5 aliphatic rings. The number of methoxy groups -OCH3 is 1. The first-order chi connectivity index (χ1) is 9.31. The summed E-state index contributed by atoms with van der Waals surface area (Å²) in [5.41, 5.74) is 0. The number of aliphatic hydroxyl groups excluding tert-OH is 1. The predicted octanol–water partition coefficient (Wildman–Crippen LogP) is 2.56. The zero-order chi connectivity index (χ0) is 12.7. The standard InChI is InChI=1S/C17H26O2/c1-19-15-5-9-4-14(15)17-13-6-12(16(9)17)10-2-8(7-18)3-11(10)13/h8-18H,2-7H2,1H3. The maximum atomic E-state index is 9.49. The summed E-state index contributed by atoms with van der Waals surface area (Å²) in [6.07, 6.45) is 7.62. The smallest absolute Gasteiger partial charge is 0.0605 e. The van der Waals surface area contributed by atoms with Crippen LogP contribution in [0.4, 0.5) is 0 Å². The Morgan fingerprint density at radius 2 is 1.58 bits per heavy atom. The minimum Gasteiger partial charge on any atom is -0.396 e. The lowest BCUT2D eigenvalue weighted by Gasteiger charge is -2.43. The van der Waals surface area contributed by atoms with Gasteiger partial charge in [-0.2, -0.15) is 0 Å².